The minimum atomic E-state index is -0.132. The third kappa shape index (κ3) is 3.80. The highest BCUT2D eigenvalue weighted by Crippen LogP contribution is 2.21. The fourth-order valence-electron chi connectivity index (χ4n) is 1.67. The van der Waals surface area contributed by atoms with Crippen LogP contribution in [0, 0.1) is 0 Å². The highest BCUT2D eigenvalue weighted by atomic mass is 79.9. The van der Waals surface area contributed by atoms with E-state index >= 15 is 0 Å². The second kappa shape index (κ2) is 5.62. The first-order chi connectivity index (χ1) is 8.13. The molecule has 0 aromatic heterocycles. The summed E-state index contributed by atoms with van der Waals surface area (Å²) in [6.45, 7) is 0.0907. The predicted octanol–water partition coefficient (Wildman–Crippen LogP) is 1.89. The van der Waals surface area contributed by atoms with Crippen molar-refractivity contribution in [1.82, 2.24) is 0 Å². The van der Waals surface area contributed by atoms with E-state index in [2.05, 4.69) is 21.2 Å². The van der Waals surface area contributed by atoms with Crippen molar-refractivity contribution in [3.63, 3.8) is 0 Å². The van der Waals surface area contributed by atoms with Gasteiger partial charge in [-0.1, -0.05) is 15.9 Å². The Morgan fingerprint density at radius 1 is 1.41 bits per heavy atom. The summed E-state index contributed by atoms with van der Waals surface area (Å²) >= 11 is 3.33. The minimum absolute atomic E-state index is 0.0907. The number of rotatable bonds is 4. The summed E-state index contributed by atoms with van der Waals surface area (Å²) in [5.41, 5.74) is 6.40. The summed E-state index contributed by atoms with van der Waals surface area (Å²) in [5, 5.41) is 2.77. The summed E-state index contributed by atoms with van der Waals surface area (Å²) in [6, 6.07) is 7.67. The molecule has 1 aromatic carbocycles. The number of hydrogen-bond donors (Lipinski definition) is 2. The van der Waals surface area contributed by atoms with Gasteiger partial charge >= 0.3 is 0 Å². The summed E-state index contributed by atoms with van der Waals surface area (Å²) in [5.74, 6) is -0.132. The van der Waals surface area contributed by atoms with Crippen molar-refractivity contribution in [2.75, 3.05) is 11.9 Å². The number of nitrogens with two attached hydrogens (primary N) is 1. The zero-order chi connectivity index (χ0) is 12.3. The Labute approximate surface area is 109 Å². The normalized spacial score (nSPS) is 22.9. The molecule has 4 nitrogen and oxygen atoms in total. The van der Waals surface area contributed by atoms with Crippen LogP contribution in [0.5, 0.6) is 0 Å². The van der Waals surface area contributed by atoms with E-state index in [9.17, 15) is 4.79 Å². The molecular formula is C12H15BrN2O2. The van der Waals surface area contributed by atoms with Gasteiger partial charge in [0.15, 0.2) is 0 Å². The molecule has 1 aromatic rings. The first-order valence-corrected chi connectivity index (χ1v) is 6.35. The molecule has 1 saturated carbocycles. The van der Waals surface area contributed by atoms with Crippen LogP contribution >= 0.6 is 15.9 Å². The molecule has 2 rings (SSSR count). The highest BCUT2D eigenvalue weighted by molar-refractivity contribution is 9.10. The van der Waals surface area contributed by atoms with E-state index in [4.69, 9.17) is 10.5 Å². The van der Waals surface area contributed by atoms with Crippen LogP contribution < -0.4 is 11.1 Å². The van der Waals surface area contributed by atoms with Crippen molar-refractivity contribution in [3.8, 4) is 0 Å². The van der Waals surface area contributed by atoms with Gasteiger partial charge in [-0.15, -0.1) is 0 Å². The maximum Gasteiger partial charge on any atom is 0.250 e. The standard InChI is InChI=1S/C12H15BrN2O2/c13-8-1-3-10(4-2-8)15-12(16)7-17-11-5-9(14)6-11/h1-4,9,11H,5-7,14H2,(H,15,16). The van der Waals surface area contributed by atoms with Crippen LogP contribution in [0.4, 0.5) is 5.69 Å². The molecular weight excluding hydrogens is 284 g/mol. The van der Waals surface area contributed by atoms with Gasteiger partial charge in [0.1, 0.15) is 6.61 Å². The monoisotopic (exact) mass is 298 g/mol. The lowest BCUT2D eigenvalue weighted by molar-refractivity contribution is -0.124. The van der Waals surface area contributed by atoms with E-state index in [0.717, 1.165) is 23.0 Å². The first-order valence-electron chi connectivity index (χ1n) is 5.56. The Balaban J connectivity index is 1.71. The van der Waals surface area contributed by atoms with E-state index in [1.165, 1.54) is 0 Å². The van der Waals surface area contributed by atoms with Gasteiger partial charge in [-0.2, -0.15) is 0 Å². The van der Waals surface area contributed by atoms with Crippen molar-refractivity contribution in [2.45, 2.75) is 25.0 Å². The van der Waals surface area contributed by atoms with Crippen LogP contribution in [0.3, 0.4) is 0 Å². The molecule has 0 spiro atoms. The lowest BCUT2D eigenvalue weighted by atomic mass is 9.90. The van der Waals surface area contributed by atoms with Gasteiger partial charge in [-0.25, -0.2) is 0 Å². The molecule has 92 valence electrons. The lowest BCUT2D eigenvalue weighted by Crippen LogP contribution is -2.42. The average Bonchev–Trinajstić information content (AvgIpc) is 2.26. The number of ether oxygens (including phenoxy) is 1. The van der Waals surface area contributed by atoms with Gasteiger partial charge in [0.05, 0.1) is 6.10 Å². The quantitative estimate of drug-likeness (QED) is 0.892. The van der Waals surface area contributed by atoms with E-state index in [1.54, 1.807) is 0 Å². The number of hydrogen-bond acceptors (Lipinski definition) is 3. The van der Waals surface area contributed by atoms with Crippen molar-refractivity contribution in [1.29, 1.82) is 0 Å². The number of halogens is 1. The second-order valence-electron chi connectivity index (χ2n) is 4.22. The maximum atomic E-state index is 11.5. The Morgan fingerprint density at radius 2 is 2.06 bits per heavy atom. The fourth-order valence-corrected chi connectivity index (χ4v) is 1.93. The molecule has 1 amide bonds. The number of benzene rings is 1. The second-order valence-corrected chi connectivity index (χ2v) is 5.14. The number of carbonyl (C=O) groups is 1. The van der Waals surface area contributed by atoms with Crippen LogP contribution in [0.15, 0.2) is 28.7 Å². The van der Waals surface area contributed by atoms with Gasteiger partial charge in [-0.05, 0) is 37.1 Å². The Bertz CT molecular complexity index is 388. The molecule has 3 N–H and O–H groups in total. The Morgan fingerprint density at radius 3 is 2.65 bits per heavy atom. The zero-order valence-electron chi connectivity index (χ0n) is 9.36. The number of nitrogens with one attached hydrogen (secondary N) is 1. The van der Waals surface area contributed by atoms with Crippen LogP contribution in [-0.4, -0.2) is 24.7 Å². The van der Waals surface area contributed by atoms with Gasteiger partial charge in [0, 0.05) is 16.2 Å². The Hall–Kier alpha value is -0.910. The van der Waals surface area contributed by atoms with E-state index in [-0.39, 0.29) is 24.7 Å². The van der Waals surface area contributed by atoms with Crippen LogP contribution in [0.2, 0.25) is 0 Å². The molecule has 1 aliphatic rings. The maximum absolute atomic E-state index is 11.5. The molecule has 5 heteroatoms. The summed E-state index contributed by atoms with van der Waals surface area (Å²) < 4.78 is 6.39. The molecule has 1 aliphatic carbocycles. The van der Waals surface area contributed by atoms with Crippen LogP contribution in [0.25, 0.3) is 0 Å². The largest absolute Gasteiger partial charge is 0.368 e. The van der Waals surface area contributed by atoms with Crippen LogP contribution in [-0.2, 0) is 9.53 Å². The highest BCUT2D eigenvalue weighted by Gasteiger charge is 2.26. The average molecular weight is 299 g/mol. The summed E-state index contributed by atoms with van der Waals surface area (Å²) in [4.78, 5) is 11.5. The molecule has 0 unspecified atom stereocenters. The smallest absolute Gasteiger partial charge is 0.250 e. The third-order valence-corrected chi connectivity index (χ3v) is 3.24. The molecule has 0 bridgehead atoms. The summed E-state index contributed by atoms with van der Waals surface area (Å²) in [7, 11) is 0. The van der Waals surface area contributed by atoms with Crippen LogP contribution in [0.1, 0.15) is 12.8 Å². The van der Waals surface area contributed by atoms with E-state index in [0.29, 0.717) is 0 Å². The number of amides is 1. The molecule has 0 heterocycles. The molecule has 0 atom stereocenters. The molecule has 17 heavy (non-hydrogen) atoms. The Kier molecular flexibility index (Phi) is 4.15. The van der Waals surface area contributed by atoms with Gasteiger partial charge in [0.25, 0.3) is 0 Å². The van der Waals surface area contributed by atoms with Gasteiger partial charge < -0.3 is 15.8 Å². The van der Waals surface area contributed by atoms with Gasteiger partial charge in [0.2, 0.25) is 5.91 Å². The van der Waals surface area contributed by atoms with E-state index < -0.39 is 0 Å². The van der Waals surface area contributed by atoms with Crippen molar-refractivity contribution in [3.05, 3.63) is 28.7 Å². The van der Waals surface area contributed by atoms with Crippen molar-refractivity contribution in [2.24, 2.45) is 5.73 Å². The lowest BCUT2D eigenvalue weighted by Gasteiger charge is -2.31. The van der Waals surface area contributed by atoms with Crippen molar-refractivity contribution < 1.29 is 9.53 Å². The number of anilines is 1. The zero-order valence-corrected chi connectivity index (χ0v) is 10.9. The summed E-state index contributed by atoms with van der Waals surface area (Å²) in [6.07, 6.45) is 1.86. The topological polar surface area (TPSA) is 64.3 Å². The van der Waals surface area contributed by atoms with Gasteiger partial charge in [-0.3, -0.25) is 4.79 Å². The predicted molar refractivity (Wildman–Crippen MR) is 69.7 cm³/mol. The third-order valence-electron chi connectivity index (χ3n) is 2.71. The first kappa shape index (κ1) is 12.5. The van der Waals surface area contributed by atoms with E-state index in [1.807, 2.05) is 24.3 Å². The van der Waals surface area contributed by atoms with Crippen molar-refractivity contribution >= 4 is 27.5 Å². The molecule has 0 saturated heterocycles. The SMILES string of the molecule is NC1CC(OCC(=O)Nc2ccc(Br)cc2)C1. The number of carbonyl (C=O) groups excluding carboxylic acids is 1. The fraction of sp³-hybridized carbons (Fsp3) is 0.417. The molecule has 0 radical (unpaired) electrons. The molecule has 0 aliphatic heterocycles. The molecule has 1 fully saturated rings. The minimum Gasteiger partial charge on any atom is -0.368 e.